The molecule has 0 aliphatic rings. The van der Waals surface area contributed by atoms with Gasteiger partial charge in [-0.15, -0.1) is 0 Å². The number of benzene rings is 2. The van der Waals surface area contributed by atoms with Crippen molar-refractivity contribution in [1.29, 1.82) is 0 Å². The van der Waals surface area contributed by atoms with Gasteiger partial charge in [0.2, 0.25) is 10.0 Å². The van der Waals surface area contributed by atoms with E-state index < -0.39 is 10.0 Å². The van der Waals surface area contributed by atoms with Crippen LogP contribution in [0.15, 0.2) is 59.5 Å². The van der Waals surface area contributed by atoms with E-state index in [-0.39, 0.29) is 10.9 Å². The van der Waals surface area contributed by atoms with Gasteiger partial charge in [0.15, 0.2) is 0 Å². The van der Waals surface area contributed by atoms with E-state index in [1.165, 1.54) is 12.1 Å². The second kappa shape index (κ2) is 7.27. The Balaban J connectivity index is 2.28. The first-order chi connectivity index (χ1) is 10.4. The van der Waals surface area contributed by atoms with Gasteiger partial charge in [-0.2, -0.15) is 0 Å². The Labute approximate surface area is 137 Å². The average molecular weight is 338 g/mol. The Morgan fingerprint density at radius 1 is 1.00 bits per heavy atom. The fourth-order valence-corrected chi connectivity index (χ4v) is 3.64. The lowest BCUT2D eigenvalue weighted by Gasteiger charge is -2.21. The summed E-state index contributed by atoms with van der Waals surface area (Å²) in [6.45, 7) is 4.15. The highest BCUT2D eigenvalue weighted by Gasteiger charge is 2.22. The zero-order valence-electron chi connectivity index (χ0n) is 12.7. The summed E-state index contributed by atoms with van der Waals surface area (Å²) in [6.07, 6.45) is 0.733. The molecule has 0 aromatic heterocycles. The molecule has 0 saturated heterocycles. The molecular formula is C17H20ClNO2S. The summed E-state index contributed by atoms with van der Waals surface area (Å²) in [5, 5.41) is 0.515. The van der Waals surface area contributed by atoms with Gasteiger partial charge in [-0.1, -0.05) is 55.8 Å². The maximum Gasteiger partial charge on any atom is 0.241 e. The minimum atomic E-state index is -3.58. The Bertz CT molecular complexity index is 697. The third kappa shape index (κ3) is 4.57. The summed E-state index contributed by atoms with van der Waals surface area (Å²) in [5.41, 5.74) is 0.966. The van der Waals surface area contributed by atoms with E-state index in [0.29, 0.717) is 10.9 Å². The van der Waals surface area contributed by atoms with E-state index in [9.17, 15) is 8.42 Å². The number of sulfonamides is 1. The van der Waals surface area contributed by atoms with Gasteiger partial charge in [0.1, 0.15) is 0 Å². The lowest BCUT2D eigenvalue weighted by atomic mass is 9.98. The van der Waals surface area contributed by atoms with E-state index in [2.05, 4.69) is 18.6 Å². The summed E-state index contributed by atoms with van der Waals surface area (Å²) >= 11 is 5.82. The molecule has 2 rings (SSSR count). The Kier molecular flexibility index (Phi) is 5.62. The molecule has 0 aliphatic heterocycles. The molecule has 0 saturated carbocycles. The van der Waals surface area contributed by atoms with Crippen LogP contribution in [-0.4, -0.2) is 8.42 Å². The zero-order valence-corrected chi connectivity index (χ0v) is 14.2. The fraction of sp³-hybridized carbons (Fsp3) is 0.294. The van der Waals surface area contributed by atoms with Crippen molar-refractivity contribution < 1.29 is 8.42 Å². The molecule has 0 unspecified atom stereocenters. The normalized spacial score (nSPS) is 13.3. The van der Waals surface area contributed by atoms with Crippen LogP contribution in [0.3, 0.4) is 0 Å². The molecule has 0 heterocycles. The number of halogens is 1. The lowest BCUT2D eigenvalue weighted by molar-refractivity contribution is 0.472. The second-order valence-corrected chi connectivity index (χ2v) is 7.82. The van der Waals surface area contributed by atoms with Crippen LogP contribution < -0.4 is 4.72 Å². The minimum absolute atomic E-state index is 0.224. The molecule has 3 nitrogen and oxygen atoms in total. The molecule has 2 aromatic rings. The van der Waals surface area contributed by atoms with Crippen molar-refractivity contribution in [3.8, 4) is 0 Å². The fourth-order valence-electron chi connectivity index (χ4n) is 2.28. The van der Waals surface area contributed by atoms with Crippen LogP contribution in [0, 0.1) is 5.92 Å². The molecule has 118 valence electrons. The highest BCUT2D eigenvalue weighted by atomic mass is 35.5. The van der Waals surface area contributed by atoms with Crippen molar-refractivity contribution in [1.82, 2.24) is 4.72 Å². The highest BCUT2D eigenvalue weighted by Crippen LogP contribution is 2.24. The van der Waals surface area contributed by atoms with Crippen LogP contribution in [0.5, 0.6) is 0 Å². The Morgan fingerprint density at radius 3 is 2.14 bits per heavy atom. The molecule has 0 bridgehead atoms. The van der Waals surface area contributed by atoms with E-state index >= 15 is 0 Å². The van der Waals surface area contributed by atoms with E-state index in [1.807, 2.05) is 30.3 Å². The summed E-state index contributed by atoms with van der Waals surface area (Å²) in [6, 6.07) is 15.6. The maximum absolute atomic E-state index is 12.6. The van der Waals surface area contributed by atoms with Crippen molar-refractivity contribution in [2.75, 3.05) is 0 Å². The number of hydrogen-bond acceptors (Lipinski definition) is 2. The van der Waals surface area contributed by atoms with Gasteiger partial charge < -0.3 is 0 Å². The highest BCUT2D eigenvalue weighted by molar-refractivity contribution is 7.89. The van der Waals surface area contributed by atoms with Gasteiger partial charge in [-0.3, -0.25) is 0 Å². The van der Waals surface area contributed by atoms with Gasteiger partial charge in [0, 0.05) is 11.1 Å². The van der Waals surface area contributed by atoms with Crippen LogP contribution in [0.1, 0.15) is 31.9 Å². The van der Waals surface area contributed by atoms with E-state index in [0.717, 1.165) is 12.0 Å². The SMILES string of the molecule is CC(C)C[C@@H](NS(=O)(=O)c1ccc(Cl)cc1)c1ccccc1. The van der Waals surface area contributed by atoms with Crippen molar-refractivity contribution >= 4 is 21.6 Å². The van der Waals surface area contributed by atoms with Crippen LogP contribution in [-0.2, 0) is 10.0 Å². The average Bonchev–Trinajstić information content (AvgIpc) is 2.47. The molecule has 0 aliphatic carbocycles. The number of rotatable bonds is 6. The standard InChI is InChI=1S/C17H20ClNO2S/c1-13(2)12-17(14-6-4-3-5-7-14)19-22(20,21)16-10-8-15(18)9-11-16/h3-11,13,17,19H,12H2,1-2H3/t17-/m1/s1. The first kappa shape index (κ1) is 17.0. The third-order valence-corrected chi connectivity index (χ3v) is 5.07. The first-order valence-corrected chi connectivity index (χ1v) is 9.07. The van der Waals surface area contributed by atoms with Gasteiger partial charge in [-0.05, 0) is 42.2 Å². The summed E-state index contributed by atoms with van der Waals surface area (Å²) in [5.74, 6) is 0.373. The summed E-state index contributed by atoms with van der Waals surface area (Å²) in [4.78, 5) is 0.224. The van der Waals surface area contributed by atoms with Crippen LogP contribution in [0.2, 0.25) is 5.02 Å². The van der Waals surface area contributed by atoms with E-state index in [1.54, 1.807) is 12.1 Å². The molecule has 0 spiro atoms. The van der Waals surface area contributed by atoms with Gasteiger partial charge in [-0.25, -0.2) is 13.1 Å². The smallest absolute Gasteiger partial charge is 0.207 e. The molecule has 22 heavy (non-hydrogen) atoms. The summed E-state index contributed by atoms with van der Waals surface area (Å²) in [7, 11) is -3.58. The zero-order chi connectivity index (χ0) is 16.2. The molecule has 1 atom stereocenters. The monoisotopic (exact) mass is 337 g/mol. The number of hydrogen-bond donors (Lipinski definition) is 1. The first-order valence-electron chi connectivity index (χ1n) is 7.21. The molecule has 1 N–H and O–H groups in total. The molecule has 0 fully saturated rings. The van der Waals surface area contributed by atoms with Gasteiger partial charge in [0.05, 0.1) is 4.90 Å². The molecule has 5 heteroatoms. The van der Waals surface area contributed by atoms with Crippen molar-refractivity contribution in [3.05, 3.63) is 65.2 Å². The van der Waals surface area contributed by atoms with E-state index in [4.69, 9.17) is 11.6 Å². The predicted molar refractivity (Wildman–Crippen MR) is 90.4 cm³/mol. The minimum Gasteiger partial charge on any atom is -0.207 e. The largest absolute Gasteiger partial charge is 0.241 e. The maximum atomic E-state index is 12.6. The second-order valence-electron chi connectivity index (χ2n) is 5.67. The Hall–Kier alpha value is -1.36. The van der Waals surface area contributed by atoms with Gasteiger partial charge in [0.25, 0.3) is 0 Å². The van der Waals surface area contributed by atoms with Crippen LogP contribution >= 0.6 is 11.6 Å². The lowest BCUT2D eigenvalue weighted by Crippen LogP contribution is -2.29. The Morgan fingerprint density at radius 2 is 1.59 bits per heavy atom. The number of nitrogens with one attached hydrogen (secondary N) is 1. The van der Waals surface area contributed by atoms with Crippen LogP contribution in [0.4, 0.5) is 0 Å². The van der Waals surface area contributed by atoms with Gasteiger partial charge >= 0.3 is 0 Å². The quantitative estimate of drug-likeness (QED) is 0.848. The molecule has 0 amide bonds. The van der Waals surface area contributed by atoms with Crippen molar-refractivity contribution in [2.45, 2.75) is 31.2 Å². The molecule has 2 aromatic carbocycles. The predicted octanol–water partition coefficient (Wildman–Crippen LogP) is 4.41. The topological polar surface area (TPSA) is 46.2 Å². The molecular weight excluding hydrogens is 318 g/mol. The summed E-state index contributed by atoms with van der Waals surface area (Å²) < 4.78 is 27.9. The molecule has 0 radical (unpaired) electrons. The van der Waals surface area contributed by atoms with Crippen molar-refractivity contribution in [2.24, 2.45) is 5.92 Å². The third-order valence-electron chi connectivity index (χ3n) is 3.33. The van der Waals surface area contributed by atoms with Crippen LogP contribution in [0.25, 0.3) is 0 Å². The van der Waals surface area contributed by atoms with Crippen molar-refractivity contribution in [3.63, 3.8) is 0 Å².